The molecule has 27 heavy (non-hydrogen) atoms. The molecule has 0 fully saturated rings. The van der Waals surface area contributed by atoms with Crippen LogP contribution in [0.2, 0.25) is 0 Å². The van der Waals surface area contributed by atoms with E-state index in [9.17, 15) is 18.8 Å². The Balaban J connectivity index is 1.84. The summed E-state index contributed by atoms with van der Waals surface area (Å²) >= 11 is 1.26. The molecule has 5 nitrogen and oxygen atoms in total. The van der Waals surface area contributed by atoms with E-state index in [1.54, 1.807) is 30.5 Å². The van der Waals surface area contributed by atoms with Crippen molar-refractivity contribution in [3.63, 3.8) is 0 Å². The summed E-state index contributed by atoms with van der Waals surface area (Å²) in [5, 5.41) is 9.64. The molecule has 0 bridgehead atoms. The van der Waals surface area contributed by atoms with Crippen molar-refractivity contribution in [3.05, 3.63) is 75.6 Å². The highest BCUT2D eigenvalue weighted by atomic mass is 32.2. The van der Waals surface area contributed by atoms with Crippen LogP contribution in [0.1, 0.15) is 11.1 Å². The highest BCUT2D eigenvalue weighted by Gasteiger charge is 2.13. The van der Waals surface area contributed by atoms with E-state index in [-0.39, 0.29) is 23.6 Å². The highest BCUT2D eigenvalue weighted by Crippen LogP contribution is 2.23. The van der Waals surface area contributed by atoms with Gasteiger partial charge in [0.1, 0.15) is 18.2 Å². The Morgan fingerprint density at radius 2 is 1.96 bits per heavy atom. The molecule has 8 heteroatoms. The number of ether oxygens (including phenoxy) is 1. The number of nitriles is 1. The first kappa shape index (κ1) is 18.6. The second-order valence-electron chi connectivity index (χ2n) is 5.45. The summed E-state index contributed by atoms with van der Waals surface area (Å²) in [6.07, 6.45) is 1.76. The van der Waals surface area contributed by atoms with Crippen molar-refractivity contribution in [1.82, 2.24) is 9.97 Å². The maximum absolute atomic E-state index is 13.6. The molecule has 0 atom stereocenters. The van der Waals surface area contributed by atoms with E-state index >= 15 is 0 Å². The molecule has 3 rings (SSSR count). The highest BCUT2D eigenvalue weighted by molar-refractivity contribution is 7.98. The first-order chi connectivity index (χ1) is 13.0. The van der Waals surface area contributed by atoms with Crippen LogP contribution < -0.4 is 10.3 Å². The Bertz CT molecular complexity index is 1080. The van der Waals surface area contributed by atoms with Crippen LogP contribution in [-0.4, -0.2) is 16.2 Å². The molecule has 1 aromatic heterocycles. The fraction of sp³-hybridized carbons (Fsp3) is 0.105. The van der Waals surface area contributed by atoms with Gasteiger partial charge in [-0.15, -0.1) is 0 Å². The summed E-state index contributed by atoms with van der Waals surface area (Å²) in [7, 11) is 0. The lowest BCUT2D eigenvalue weighted by atomic mass is 10.1. The number of aromatic nitrogens is 2. The van der Waals surface area contributed by atoms with Crippen molar-refractivity contribution in [2.24, 2.45) is 0 Å². The Morgan fingerprint density at radius 1 is 1.22 bits per heavy atom. The molecular weight excluding hydrogens is 372 g/mol. The molecule has 0 unspecified atom stereocenters. The van der Waals surface area contributed by atoms with Crippen LogP contribution in [-0.2, 0) is 6.61 Å². The number of aromatic amines is 1. The monoisotopic (exact) mass is 385 g/mol. The number of H-pyrrole nitrogens is 1. The van der Waals surface area contributed by atoms with Crippen LogP contribution in [0.4, 0.5) is 8.78 Å². The van der Waals surface area contributed by atoms with E-state index in [0.717, 1.165) is 6.07 Å². The molecule has 0 radical (unpaired) electrons. The largest absolute Gasteiger partial charge is 0.486 e. The molecule has 0 aliphatic carbocycles. The molecule has 0 amide bonds. The quantitative estimate of drug-likeness (QED) is 0.533. The predicted molar refractivity (Wildman–Crippen MR) is 97.5 cm³/mol. The second kappa shape index (κ2) is 8.01. The van der Waals surface area contributed by atoms with Gasteiger partial charge in [-0.25, -0.2) is 9.37 Å². The Hall–Kier alpha value is -3.18. The number of hydrogen-bond acceptors (Lipinski definition) is 5. The molecule has 0 saturated heterocycles. The van der Waals surface area contributed by atoms with Crippen molar-refractivity contribution in [3.8, 4) is 23.1 Å². The molecule has 1 N–H and O–H groups in total. The fourth-order valence-electron chi connectivity index (χ4n) is 2.38. The Kier molecular flexibility index (Phi) is 5.52. The molecule has 0 aliphatic heterocycles. The van der Waals surface area contributed by atoms with Crippen LogP contribution in [0.3, 0.4) is 0 Å². The first-order valence-corrected chi connectivity index (χ1v) is 9.00. The van der Waals surface area contributed by atoms with Gasteiger partial charge in [-0.3, -0.25) is 4.79 Å². The average molecular weight is 385 g/mol. The predicted octanol–water partition coefficient (Wildman–Crippen LogP) is 3.89. The van der Waals surface area contributed by atoms with Gasteiger partial charge >= 0.3 is 0 Å². The third-order valence-electron chi connectivity index (χ3n) is 3.74. The smallest absolute Gasteiger partial charge is 0.270 e. The number of benzene rings is 2. The van der Waals surface area contributed by atoms with Crippen LogP contribution in [0.25, 0.3) is 11.3 Å². The van der Waals surface area contributed by atoms with E-state index in [0.29, 0.717) is 16.3 Å². The summed E-state index contributed by atoms with van der Waals surface area (Å²) in [5.74, 6) is -2.19. The van der Waals surface area contributed by atoms with Gasteiger partial charge in [-0.2, -0.15) is 9.65 Å². The summed E-state index contributed by atoms with van der Waals surface area (Å²) in [5.41, 5.74) is 1.01. The zero-order valence-corrected chi connectivity index (χ0v) is 14.9. The number of rotatable bonds is 5. The summed E-state index contributed by atoms with van der Waals surface area (Å²) in [6, 6.07) is 12.4. The number of hydrogen-bond donors (Lipinski definition) is 1. The van der Waals surface area contributed by atoms with Gasteiger partial charge < -0.3 is 9.72 Å². The fourth-order valence-corrected chi connectivity index (χ4v) is 2.75. The van der Waals surface area contributed by atoms with Gasteiger partial charge in [0.05, 0.1) is 5.69 Å². The molecule has 3 aromatic rings. The molecule has 2 aromatic carbocycles. The molecular formula is C19H13F2N3O2S. The first-order valence-electron chi connectivity index (χ1n) is 7.78. The third-order valence-corrected chi connectivity index (χ3v) is 4.32. The van der Waals surface area contributed by atoms with Crippen LogP contribution in [0.15, 0.2) is 52.4 Å². The zero-order valence-electron chi connectivity index (χ0n) is 14.1. The van der Waals surface area contributed by atoms with E-state index in [2.05, 4.69) is 9.97 Å². The molecule has 0 aliphatic rings. The summed E-state index contributed by atoms with van der Waals surface area (Å²) < 4.78 is 32.1. The lowest BCUT2D eigenvalue weighted by molar-refractivity contribution is 0.284. The van der Waals surface area contributed by atoms with Crippen LogP contribution in [0, 0.1) is 23.0 Å². The number of nitrogens with one attached hydrogen (secondary N) is 1. The zero-order chi connectivity index (χ0) is 19.4. The molecule has 136 valence electrons. The normalized spacial score (nSPS) is 10.4. The lowest BCUT2D eigenvalue weighted by Crippen LogP contribution is -2.14. The molecule has 0 spiro atoms. The van der Waals surface area contributed by atoms with Crippen molar-refractivity contribution >= 4 is 11.8 Å². The van der Waals surface area contributed by atoms with Crippen LogP contribution in [0.5, 0.6) is 5.75 Å². The van der Waals surface area contributed by atoms with Gasteiger partial charge in [0.15, 0.2) is 16.7 Å². The van der Waals surface area contributed by atoms with Gasteiger partial charge in [-0.05, 0) is 24.0 Å². The Labute approximate surface area is 157 Å². The van der Waals surface area contributed by atoms with Gasteiger partial charge in [0, 0.05) is 5.56 Å². The van der Waals surface area contributed by atoms with Crippen LogP contribution >= 0.6 is 11.8 Å². The minimum atomic E-state index is -1.04. The SMILES string of the molecule is CSc1nc(-c2ccc(COc3cccc(F)c3F)cc2)c(C#N)c(=O)[nH]1. The van der Waals surface area contributed by atoms with Gasteiger partial charge in [-0.1, -0.05) is 42.1 Å². The van der Waals surface area contributed by atoms with Crippen molar-refractivity contribution in [2.75, 3.05) is 6.26 Å². The summed E-state index contributed by atoms with van der Waals surface area (Å²) in [6.45, 7) is 0.0324. The Morgan fingerprint density at radius 3 is 2.63 bits per heavy atom. The summed E-state index contributed by atoms with van der Waals surface area (Å²) in [4.78, 5) is 18.8. The van der Waals surface area contributed by atoms with E-state index in [4.69, 9.17) is 4.74 Å². The van der Waals surface area contributed by atoms with Crippen molar-refractivity contribution in [1.29, 1.82) is 5.26 Å². The van der Waals surface area contributed by atoms with Crippen molar-refractivity contribution in [2.45, 2.75) is 11.8 Å². The average Bonchev–Trinajstić information content (AvgIpc) is 2.69. The second-order valence-corrected chi connectivity index (χ2v) is 6.24. The topological polar surface area (TPSA) is 78.8 Å². The lowest BCUT2D eigenvalue weighted by Gasteiger charge is -2.09. The number of halogens is 2. The minimum Gasteiger partial charge on any atom is -0.486 e. The van der Waals surface area contributed by atoms with Gasteiger partial charge in [0.2, 0.25) is 5.82 Å². The number of nitrogens with zero attached hydrogens (tertiary/aromatic N) is 2. The maximum Gasteiger partial charge on any atom is 0.270 e. The van der Waals surface area contributed by atoms with E-state index < -0.39 is 17.2 Å². The standard InChI is InChI=1S/C19H13F2N3O2S/c1-27-19-23-17(13(9-22)18(25)24-19)12-7-5-11(6-8-12)10-26-15-4-2-3-14(20)16(15)21/h2-8H,10H2,1H3,(H,23,24,25). The third kappa shape index (κ3) is 3.99. The minimum absolute atomic E-state index is 0.0324. The molecule has 0 saturated carbocycles. The van der Waals surface area contributed by atoms with Gasteiger partial charge in [0.25, 0.3) is 5.56 Å². The number of thioether (sulfide) groups is 1. The maximum atomic E-state index is 13.6. The van der Waals surface area contributed by atoms with Crippen molar-refractivity contribution < 1.29 is 13.5 Å². The molecule has 1 heterocycles. The van der Waals surface area contributed by atoms with E-state index in [1.165, 1.54) is 23.9 Å². The van der Waals surface area contributed by atoms with E-state index in [1.807, 2.05) is 6.07 Å².